The number of nitrogens with zero attached hydrogens (tertiary/aromatic N) is 2. The lowest BCUT2D eigenvalue weighted by atomic mass is 9.78. The molecule has 158 valence electrons. The van der Waals surface area contributed by atoms with Gasteiger partial charge in [0.25, 0.3) is 0 Å². The molecule has 30 heavy (non-hydrogen) atoms. The fourth-order valence-corrected chi connectivity index (χ4v) is 3.62. The van der Waals surface area contributed by atoms with Gasteiger partial charge in [0, 0.05) is 23.5 Å². The Kier molecular flexibility index (Phi) is 6.77. The topological polar surface area (TPSA) is 61.3 Å². The molecule has 1 aromatic heterocycles. The van der Waals surface area contributed by atoms with Crippen molar-refractivity contribution >= 4 is 5.97 Å². The quantitative estimate of drug-likeness (QED) is 0.532. The van der Waals surface area contributed by atoms with Crippen LogP contribution in [0.15, 0.2) is 24.5 Å². The Morgan fingerprint density at radius 3 is 2.63 bits per heavy atom. The molecule has 1 aliphatic rings. The van der Waals surface area contributed by atoms with Gasteiger partial charge in [0.15, 0.2) is 0 Å². The fourth-order valence-electron chi connectivity index (χ4n) is 3.62. The summed E-state index contributed by atoms with van der Waals surface area (Å²) in [7, 11) is 0. The smallest absolute Gasteiger partial charge is 0.316 e. The second kappa shape index (κ2) is 9.30. The largest absolute Gasteiger partial charge is 0.493 e. The number of aromatic nitrogens is 2. The predicted molar refractivity (Wildman–Crippen MR) is 117 cm³/mol. The molecule has 1 aromatic carbocycles. The maximum absolute atomic E-state index is 12.2. The van der Waals surface area contributed by atoms with E-state index >= 15 is 0 Å². The van der Waals surface area contributed by atoms with E-state index in [0.29, 0.717) is 24.4 Å². The first kappa shape index (κ1) is 21.8. The zero-order valence-electron chi connectivity index (χ0n) is 18.5. The highest BCUT2D eigenvalue weighted by Gasteiger charge is 2.29. The first-order chi connectivity index (χ1) is 14.4. The van der Waals surface area contributed by atoms with Crippen LogP contribution in [0.3, 0.4) is 0 Å². The van der Waals surface area contributed by atoms with E-state index in [1.807, 2.05) is 13.8 Å². The molecule has 1 atom stereocenters. The first-order valence-corrected chi connectivity index (χ1v) is 10.6. The highest BCUT2D eigenvalue weighted by molar-refractivity contribution is 5.77. The molecule has 0 spiro atoms. The van der Waals surface area contributed by atoms with Gasteiger partial charge in [-0.3, -0.25) is 4.79 Å². The molecule has 0 saturated carbocycles. The van der Waals surface area contributed by atoms with Gasteiger partial charge in [-0.2, -0.15) is 0 Å². The fraction of sp³-hybridized carbons (Fsp3) is 0.480. The zero-order valence-corrected chi connectivity index (χ0v) is 18.5. The number of aryl methyl sites for hydroxylation is 1. The average Bonchev–Trinajstić information content (AvgIpc) is 2.71. The summed E-state index contributed by atoms with van der Waals surface area (Å²) >= 11 is 0. The number of hydrogen-bond donors (Lipinski definition) is 0. The monoisotopic (exact) mass is 406 g/mol. The molecule has 0 saturated heterocycles. The lowest BCUT2D eigenvalue weighted by Gasteiger charge is -2.33. The van der Waals surface area contributed by atoms with E-state index in [4.69, 9.17) is 9.47 Å². The lowest BCUT2D eigenvalue weighted by molar-refractivity contribution is -0.145. The summed E-state index contributed by atoms with van der Waals surface area (Å²) in [6.07, 6.45) is 5.86. The minimum absolute atomic E-state index is 0.0733. The van der Waals surface area contributed by atoms with Crippen molar-refractivity contribution in [3.63, 3.8) is 0 Å². The Labute approximate surface area is 179 Å². The second-order valence-corrected chi connectivity index (χ2v) is 8.32. The van der Waals surface area contributed by atoms with Crippen molar-refractivity contribution in [1.29, 1.82) is 0 Å². The lowest BCUT2D eigenvalue weighted by Crippen LogP contribution is -2.26. The first-order valence-electron chi connectivity index (χ1n) is 10.6. The third-order valence-corrected chi connectivity index (χ3v) is 5.51. The van der Waals surface area contributed by atoms with E-state index < -0.39 is 5.92 Å². The standard InChI is InChI=1S/C25H30N2O3/c1-6-8-20(24(28)29-7-2)23-26-15-18(16-27-23)9-10-19-14-21-22(13-17(19)3)30-12-11-25(21,4)5/h13-16,20H,6-8,11-12H2,1-5H3. The van der Waals surface area contributed by atoms with Gasteiger partial charge in [-0.05, 0) is 49.8 Å². The van der Waals surface area contributed by atoms with Gasteiger partial charge in [-0.1, -0.05) is 39.0 Å². The highest BCUT2D eigenvalue weighted by atomic mass is 16.5. The summed E-state index contributed by atoms with van der Waals surface area (Å²) in [6.45, 7) is 11.5. The maximum Gasteiger partial charge on any atom is 0.316 e. The third kappa shape index (κ3) is 4.81. The Bertz CT molecular complexity index is 968. The molecule has 5 heteroatoms. The number of fused-ring (bicyclic) bond motifs is 1. The van der Waals surface area contributed by atoms with Crippen molar-refractivity contribution in [2.24, 2.45) is 0 Å². The van der Waals surface area contributed by atoms with Crippen molar-refractivity contribution in [3.05, 3.63) is 52.6 Å². The minimum Gasteiger partial charge on any atom is -0.493 e. The summed E-state index contributed by atoms with van der Waals surface area (Å²) in [6, 6.07) is 4.22. The number of benzene rings is 1. The summed E-state index contributed by atoms with van der Waals surface area (Å²) in [4.78, 5) is 21.0. The number of carbonyl (C=O) groups is 1. The van der Waals surface area contributed by atoms with Crippen molar-refractivity contribution in [1.82, 2.24) is 9.97 Å². The molecule has 0 bridgehead atoms. The van der Waals surface area contributed by atoms with Gasteiger partial charge >= 0.3 is 5.97 Å². The van der Waals surface area contributed by atoms with Gasteiger partial charge < -0.3 is 9.47 Å². The Morgan fingerprint density at radius 1 is 1.23 bits per heavy atom. The van der Waals surface area contributed by atoms with Crippen LogP contribution in [-0.2, 0) is 14.9 Å². The molecular formula is C25H30N2O3. The van der Waals surface area contributed by atoms with Gasteiger partial charge in [0.1, 0.15) is 17.5 Å². The number of esters is 1. The van der Waals surface area contributed by atoms with Crippen LogP contribution in [0.25, 0.3) is 0 Å². The number of carbonyl (C=O) groups excluding carboxylic acids is 1. The summed E-state index contributed by atoms with van der Waals surface area (Å²) < 4.78 is 11.0. The van der Waals surface area contributed by atoms with Crippen LogP contribution in [0, 0.1) is 18.8 Å². The second-order valence-electron chi connectivity index (χ2n) is 8.32. The number of ether oxygens (including phenoxy) is 2. The molecular weight excluding hydrogens is 376 g/mol. The van der Waals surface area contributed by atoms with Crippen molar-refractivity contribution in [3.8, 4) is 17.6 Å². The third-order valence-electron chi connectivity index (χ3n) is 5.51. The molecule has 1 aliphatic heterocycles. The molecule has 2 aromatic rings. The average molecular weight is 407 g/mol. The normalized spacial score (nSPS) is 15.2. The highest BCUT2D eigenvalue weighted by Crippen LogP contribution is 2.39. The van der Waals surface area contributed by atoms with Crippen molar-refractivity contribution in [2.75, 3.05) is 13.2 Å². The van der Waals surface area contributed by atoms with Gasteiger partial charge in [-0.15, -0.1) is 0 Å². The molecule has 0 aliphatic carbocycles. The molecule has 0 fully saturated rings. The van der Waals surface area contributed by atoms with Crippen LogP contribution in [0.2, 0.25) is 0 Å². The molecule has 5 nitrogen and oxygen atoms in total. The van der Waals surface area contributed by atoms with E-state index in [-0.39, 0.29) is 11.4 Å². The number of hydrogen-bond acceptors (Lipinski definition) is 5. The Morgan fingerprint density at radius 2 is 1.97 bits per heavy atom. The number of rotatable bonds is 5. The summed E-state index contributed by atoms with van der Waals surface area (Å²) in [5, 5.41) is 0. The van der Waals surface area contributed by atoms with Crippen LogP contribution < -0.4 is 4.74 Å². The van der Waals surface area contributed by atoms with Crippen LogP contribution in [0.1, 0.15) is 81.0 Å². The molecule has 0 N–H and O–H groups in total. The van der Waals surface area contributed by atoms with Gasteiger partial charge in [0.2, 0.25) is 0 Å². The summed E-state index contributed by atoms with van der Waals surface area (Å²) in [5.41, 5.74) is 4.05. The van der Waals surface area contributed by atoms with E-state index in [2.05, 4.69) is 47.8 Å². The van der Waals surface area contributed by atoms with Crippen LogP contribution >= 0.6 is 0 Å². The Hall–Kier alpha value is -2.87. The molecule has 0 radical (unpaired) electrons. The molecule has 2 heterocycles. The summed E-state index contributed by atoms with van der Waals surface area (Å²) in [5.74, 6) is 7.17. The Balaban J connectivity index is 1.84. The van der Waals surface area contributed by atoms with E-state index in [0.717, 1.165) is 36.3 Å². The van der Waals surface area contributed by atoms with Gasteiger partial charge in [0.05, 0.1) is 18.8 Å². The van der Waals surface area contributed by atoms with Gasteiger partial charge in [-0.25, -0.2) is 9.97 Å². The van der Waals surface area contributed by atoms with E-state index in [9.17, 15) is 4.79 Å². The predicted octanol–water partition coefficient (Wildman–Crippen LogP) is 4.69. The zero-order chi connectivity index (χ0) is 21.7. The van der Waals surface area contributed by atoms with Crippen LogP contribution in [0.5, 0.6) is 5.75 Å². The maximum atomic E-state index is 12.2. The van der Waals surface area contributed by atoms with Crippen molar-refractivity contribution < 1.29 is 14.3 Å². The van der Waals surface area contributed by atoms with E-state index in [1.165, 1.54) is 5.56 Å². The van der Waals surface area contributed by atoms with Crippen molar-refractivity contribution in [2.45, 2.75) is 65.2 Å². The molecule has 1 unspecified atom stereocenters. The SMILES string of the molecule is CCCC(C(=O)OCC)c1ncc(C#Cc2cc3c(cc2C)OCCC3(C)C)cn1. The molecule has 3 rings (SSSR count). The minimum atomic E-state index is -0.429. The van der Waals surface area contributed by atoms with Crippen LogP contribution in [0.4, 0.5) is 0 Å². The van der Waals surface area contributed by atoms with Crippen LogP contribution in [-0.4, -0.2) is 29.2 Å². The van der Waals surface area contributed by atoms with E-state index in [1.54, 1.807) is 19.3 Å². The molecule has 0 amide bonds.